The Morgan fingerprint density at radius 3 is 2.40 bits per heavy atom. The van der Waals surface area contributed by atoms with Gasteiger partial charge in [-0.05, 0) is 30.3 Å². The van der Waals surface area contributed by atoms with Crippen LogP contribution >= 0.6 is 15.9 Å². The van der Waals surface area contributed by atoms with E-state index >= 15 is 0 Å². The molecule has 0 heterocycles. The molecule has 0 aliphatic rings. The summed E-state index contributed by atoms with van der Waals surface area (Å²) >= 11 is 3.15. The summed E-state index contributed by atoms with van der Waals surface area (Å²) in [6, 6.07) is 6.14. The lowest BCUT2D eigenvalue weighted by atomic mass is 10.0. The molecule has 2 aromatic rings. The fourth-order valence-electron chi connectivity index (χ4n) is 1.65. The molecule has 0 atom stereocenters. The van der Waals surface area contributed by atoms with E-state index in [2.05, 4.69) is 15.9 Å². The maximum atomic E-state index is 13.6. The van der Waals surface area contributed by atoms with Gasteiger partial charge in [0.05, 0.1) is 12.7 Å². The van der Waals surface area contributed by atoms with Gasteiger partial charge in [-0.2, -0.15) is 0 Å². The fraction of sp³-hybridized carbons (Fsp3) is 0.0714. The Bertz CT molecular complexity index is 686. The second-order valence-electron chi connectivity index (χ2n) is 3.90. The molecule has 0 N–H and O–H groups in total. The van der Waals surface area contributed by atoms with E-state index in [1.165, 1.54) is 13.2 Å². The molecule has 104 valence electrons. The van der Waals surface area contributed by atoms with E-state index in [1.807, 2.05) is 0 Å². The molecule has 0 aliphatic heterocycles. The Kier molecular flexibility index (Phi) is 4.13. The predicted molar refractivity (Wildman–Crippen MR) is 70.4 cm³/mol. The first-order valence-electron chi connectivity index (χ1n) is 5.47. The van der Waals surface area contributed by atoms with E-state index in [9.17, 15) is 18.0 Å². The second kappa shape index (κ2) is 5.66. The van der Waals surface area contributed by atoms with Crippen LogP contribution in [0.2, 0.25) is 0 Å². The van der Waals surface area contributed by atoms with E-state index in [1.54, 1.807) is 12.1 Å². The quantitative estimate of drug-likeness (QED) is 0.618. The molecule has 2 nitrogen and oxygen atoms in total. The number of carbonyl (C=O) groups is 1. The molecular formula is C14H8BrF3O2. The molecule has 6 heteroatoms. The van der Waals surface area contributed by atoms with Crippen LogP contribution in [0.4, 0.5) is 13.2 Å². The zero-order valence-electron chi connectivity index (χ0n) is 10.2. The molecular weight excluding hydrogens is 337 g/mol. The van der Waals surface area contributed by atoms with Gasteiger partial charge in [0.25, 0.3) is 0 Å². The third kappa shape index (κ3) is 2.56. The van der Waals surface area contributed by atoms with Crippen molar-refractivity contribution in [2.45, 2.75) is 0 Å². The third-order valence-corrected chi connectivity index (χ3v) is 3.39. The monoisotopic (exact) mass is 344 g/mol. The number of ketones is 1. The van der Waals surface area contributed by atoms with Crippen molar-refractivity contribution in [2.75, 3.05) is 7.11 Å². The molecule has 0 spiro atoms. The van der Waals surface area contributed by atoms with Gasteiger partial charge >= 0.3 is 0 Å². The highest BCUT2D eigenvalue weighted by Crippen LogP contribution is 2.26. The lowest BCUT2D eigenvalue weighted by Gasteiger charge is -2.08. The normalized spacial score (nSPS) is 10.4. The highest BCUT2D eigenvalue weighted by molar-refractivity contribution is 9.10. The minimum Gasteiger partial charge on any atom is -0.497 e. The predicted octanol–water partition coefficient (Wildman–Crippen LogP) is 4.11. The first-order chi connectivity index (χ1) is 9.45. The van der Waals surface area contributed by atoms with Gasteiger partial charge in [0.15, 0.2) is 23.2 Å². The SMILES string of the molecule is COc1ccc(Br)c(C(=O)c2ccc(F)c(F)c2F)c1. The standard InChI is InChI=1S/C14H8BrF3O2/c1-20-7-2-4-10(15)9(6-7)14(19)8-3-5-11(16)13(18)12(8)17/h2-6H,1H3. The maximum Gasteiger partial charge on any atom is 0.197 e. The van der Waals surface area contributed by atoms with Crippen LogP contribution in [-0.4, -0.2) is 12.9 Å². The zero-order chi connectivity index (χ0) is 14.9. The van der Waals surface area contributed by atoms with Crippen LogP contribution in [0.15, 0.2) is 34.8 Å². The number of ether oxygens (including phenoxy) is 1. The average Bonchev–Trinajstić information content (AvgIpc) is 2.45. The molecule has 0 saturated heterocycles. The van der Waals surface area contributed by atoms with Gasteiger partial charge in [0.1, 0.15) is 5.75 Å². The van der Waals surface area contributed by atoms with Crippen molar-refractivity contribution in [3.8, 4) is 5.75 Å². The topological polar surface area (TPSA) is 26.3 Å². The summed E-state index contributed by atoms with van der Waals surface area (Å²) in [5.41, 5.74) is -0.452. The summed E-state index contributed by atoms with van der Waals surface area (Å²) in [6.07, 6.45) is 0. The highest BCUT2D eigenvalue weighted by Gasteiger charge is 2.21. The van der Waals surface area contributed by atoms with Crippen molar-refractivity contribution < 1.29 is 22.7 Å². The van der Waals surface area contributed by atoms with E-state index in [0.717, 1.165) is 6.07 Å². The lowest BCUT2D eigenvalue weighted by Crippen LogP contribution is -2.08. The molecule has 0 bridgehead atoms. The zero-order valence-corrected chi connectivity index (χ0v) is 11.8. The number of carbonyl (C=O) groups excluding carboxylic acids is 1. The largest absolute Gasteiger partial charge is 0.497 e. The molecule has 20 heavy (non-hydrogen) atoms. The van der Waals surface area contributed by atoms with Crippen molar-refractivity contribution in [3.05, 3.63) is 63.4 Å². The third-order valence-electron chi connectivity index (χ3n) is 2.70. The van der Waals surface area contributed by atoms with Gasteiger partial charge in [-0.1, -0.05) is 15.9 Å². The molecule has 0 unspecified atom stereocenters. The summed E-state index contributed by atoms with van der Waals surface area (Å²) in [5, 5.41) is 0. The molecule has 0 radical (unpaired) electrons. The Balaban J connectivity index is 2.54. The summed E-state index contributed by atoms with van der Waals surface area (Å²) in [6.45, 7) is 0. The van der Waals surface area contributed by atoms with Gasteiger partial charge < -0.3 is 4.74 Å². The van der Waals surface area contributed by atoms with Crippen molar-refractivity contribution in [3.63, 3.8) is 0 Å². The van der Waals surface area contributed by atoms with Crippen LogP contribution in [-0.2, 0) is 0 Å². The van der Waals surface area contributed by atoms with Crippen LogP contribution in [0.25, 0.3) is 0 Å². The van der Waals surface area contributed by atoms with Crippen molar-refractivity contribution in [1.82, 2.24) is 0 Å². The van der Waals surface area contributed by atoms with Crippen LogP contribution in [0.3, 0.4) is 0 Å². The first kappa shape index (κ1) is 14.6. The number of rotatable bonds is 3. The summed E-state index contributed by atoms with van der Waals surface area (Å²) < 4.78 is 45.0. The van der Waals surface area contributed by atoms with Crippen LogP contribution in [0.1, 0.15) is 15.9 Å². The summed E-state index contributed by atoms with van der Waals surface area (Å²) in [4.78, 5) is 12.2. The lowest BCUT2D eigenvalue weighted by molar-refractivity contribution is 0.103. The summed E-state index contributed by atoms with van der Waals surface area (Å²) in [7, 11) is 1.41. The fourth-order valence-corrected chi connectivity index (χ4v) is 2.08. The number of benzene rings is 2. The Labute approximate surface area is 121 Å². The van der Waals surface area contributed by atoms with Gasteiger partial charge in [-0.3, -0.25) is 4.79 Å². The first-order valence-corrected chi connectivity index (χ1v) is 6.26. The van der Waals surface area contributed by atoms with Crippen LogP contribution in [0, 0.1) is 17.5 Å². The molecule has 0 fully saturated rings. The van der Waals surface area contributed by atoms with E-state index in [0.29, 0.717) is 16.3 Å². The number of methoxy groups -OCH3 is 1. The van der Waals surface area contributed by atoms with E-state index in [-0.39, 0.29) is 5.56 Å². The molecule has 0 aliphatic carbocycles. The maximum absolute atomic E-state index is 13.6. The Morgan fingerprint density at radius 1 is 1.05 bits per heavy atom. The minimum atomic E-state index is -1.67. The van der Waals surface area contributed by atoms with Gasteiger partial charge in [0.2, 0.25) is 0 Å². The van der Waals surface area contributed by atoms with Gasteiger partial charge in [0, 0.05) is 10.0 Å². The highest BCUT2D eigenvalue weighted by atomic mass is 79.9. The van der Waals surface area contributed by atoms with Crippen molar-refractivity contribution in [2.24, 2.45) is 0 Å². The average molecular weight is 345 g/mol. The molecule has 0 saturated carbocycles. The second-order valence-corrected chi connectivity index (χ2v) is 4.75. The van der Waals surface area contributed by atoms with Gasteiger partial charge in [-0.15, -0.1) is 0 Å². The van der Waals surface area contributed by atoms with Crippen molar-refractivity contribution >= 4 is 21.7 Å². The number of hydrogen-bond donors (Lipinski definition) is 0. The summed E-state index contributed by atoms with van der Waals surface area (Å²) in [5.74, 6) is -4.91. The van der Waals surface area contributed by atoms with E-state index < -0.39 is 28.8 Å². The molecule has 2 aromatic carbocycles. The van der Waals surface area contributed by atoms with E-state index in [4.69, 9.17) is 4.74 Å². The van der Waals surface area contributed by atoms with Crippen molar-refractivity contribution in [1.29, 1.82) is 0 Å². The molecule has 0 aromatic heterocycles. The Morgan fingerprint density at radius 2 is 1.75 bits per heavy atom. The van der Waals surface area contributed by atoms with Gasteiger partial charge in [-0.25, -0.2) is 13.2 Å². The van der Waals surface area contributed by atoms with Crippen LogP contribution in [0.5, 0.6) is 5.75 Å². The number of hydrogen-bond acceptors (Lipinski definition) is 2. The Hall–Kier alpha value is -1.82. The minimum absolute atomic E-state index is 0.0919. The number of halogens is 4. The smallest absolute Gasteiger partial charge is 0.197 e. The molecule has 2 rings (SSSR count). The molecule has 0 amide bonds. The van der Waals surface area contributed by atoms with Crippen LogP contribution < -0.4 is 4.74 Å².